The molecule has 9 atom stereocenters. The Bertz CT molecular complexity index is 828. The Morgan fingerprint density at radius 3 is 2.44 bits per heavy atom. The average Bonchev–Trinajstić information content (AvgIpc) is 3.01. The third kappa shape index (κ3) is 4.11. The van der Waals surface area contributed by atoms with E-state index < -0.39 is 14.4 Å². The van der Waals surface area contributed by atoms with Gasteiger partial charge in [-0.2, -0.15) is 0 Å². The predicted octanol–water partition coefficient (Wildman–Crippen LogP) is 6.12. The second-order valence-electron chi connectivity index (χ2n) is 14.3. The van der Waals surface area contributed by atoms with E-state index in [9.17, 15) is 15.0 Å². The van der Waals surface area contributed by atoms with E-state index in [4.69, 9.17) is 4.43 Å². The summed E-state index contributed by atoms with van der Waals surface area (Å²) in [4.78, 5) is 13.3. The summed E-state index contributed by atoms with van der Waals surface area (Å²) in [5.74, 6) is 1.60. The Kier molecular flexibility index (Phi) is 6.89. The number of carbonyl (C=O) groups excluding carboxylic acids is 1. The number of allylic oxidation sites excluding steroid dienone is 1. The smallest absolute Gasteiger partial charge is 0.192 e. The molecule has 0 aromatic rings. The van der Waals surface area contributed by atoms with Crippen molar-refractivity contribution in [2.24, 2.45) is 40.4 Å². The first kappa shape index (κ1) is 26.6. The van der Waals surface area contributed by atoms with E-state index in [1.54, 1.807) is 5.57 Å². The van der Waals surface area contributed by atoms with Crippen LogP contribution in [0.1, 0.15) is 86.5 Å². The number of ketones is 1. The molecule has 4 aliphatic carbocycles. The van der Waals surface area contributed by atoms with E-state index in [0.29, 0.717) is 36.1 Å². The number of carbonyl (C=O) groups is 1. The number of aliphatic hydroxyl groups excluding tert-OH is 2. The van der Waals surface area contributed by atoms with Crippen molar-refractivity contribution < 1.29 is 19.4 Å². The predicted molar refractivity (Wildman–Crippen MR) is 140 cm³/mol. The molecule has 0 bridgehead atoms. The topological polar surface area (TPSA) is 66.8 Å². The van der Waals surface area contributed by atoms with Gasteiger partial charge in [-0.3, -0.25) is 4.79 Å². The third-order valence-electron chi connectivity index (χ3n) is 11.6. The van der Waals surface area contributed by atoms with Gasteiger partial charge in [0.05, 0.1) is 12.7 Å². The van der Waals surface area contributed by atoms with E-state index >= 15 is 0 Å². The van der Waals surface area contributed by atoms with Gasteiger partial charge in [-0.25, -0.2) is 0 Å². The van der Waals surface area contributed by atoms with Gasteiger partial charge in [-0.15, -0.1) is 0 Å². The number of fused-ring (bicyclic) bond motifs is 5. The van der Waals surface area contributed by atoms with Gasteiger partial charge in [0.2, 0.25) is 0 Å². The largest absolute Gasteiger partial charge is 0.414 e. The Balaban J connectivity index is 1.55. The zero-order valence-electron chi connectivity index (χ0n) is 23.0. The summed E-state index contributed by atoms with van der Waals surface area (Å²) in [6.45, 7) is 18.2. The van der Waals surface area contributed by atoms with Crippen LogP contribution >= 0.6 is 0 Å². The van der Waals surface area contributed by atoms with Crippen LogP contribution in [0.5, 0.6) is 0 Å². The van der Waals surface area contributed by atoms with Crippen LogP contribution < -0.4 is 0 Å². The molecule has 4 nitrogen and oxygen atoms in total. The molecule has 4 aliphatic rings. The van der Waals surface area contributed by atoms with Crippen molar-refractivity contribution >= 4 is 14.1 Å². The Hall–Kier alpha value is -0.493. The lowest BCUT2D eigenvalue weighted by molar-refractivity contribution is -0.127. The fraction of sp³-hybridized carbons (Fsp3) is 0.897. The van der Waals surface area contributed by atoms with E-state index in [2.05, 4.69) is 53.8 Å². The maximum atomic E-state index is 13.3. The van der Waals surface area contributed by atoms with Crippen LogP contribution in [-0.4, -0.2) is 43.1 Å². The number of hydrogen-bond donors (Lipinski definition) is 2. The van der Waals surface area contributed by atoms with Gasteiger partial charge in [-0.05, 0) is 91.2 Å². The summed E-state index contributed by atoms with van der Waals surface area (Å²) in [5, 5.41) is 20.2. The van der Waals surface area contributed by atoms with Gasteiger partial charge in [0.1, 0.15) is 5.78 Å². The molecule has 0 saturated heterocycles. The fourth-order valence-corrected chi connectivity index (χ4v) is 9.82. The van der Waals surface area contributed by atoms with Crippen molar-refractivity contribution in [2.45, 2.75) is 117 Å². The fourth-order valence-electron chi connectivity index (χ4n) is 8.43. The maximum absolute atomic E-state index is 13.3. The molecule has 0 aromatic heterocycles. The second kappa shape index (κ2) is 8.81. The summed E-state index contributed by atoms with van der Waals surface area (Å²) >= 11 is 0. The molecule has 0 heterocycles. The summed E-state index contributed by atoms with van der Waals surface area (Å²) in [6, 6.07) is 0. The second-order valence-corrected chi connectivity index (χ2v) is 19.1. The van der Waals surface area contributed by atoms with Gasteiger partial charge in [0, 0.05) is 18.4 Å². The monoisotopic (exact) mass is 490 g/mol. The number of rotatable bonds is 5. The highest BCUT2D eigenvalue weighted by molar-refractivity contribution is 6.74. The minimum atomic E-state index is -1.78. The third-order valence-corrected chi connectivity index (χ3v) is 16.1. The molecule has 194 valence electrons. The summed E-state index contributed by atoms with van der Waals surface area (Å²) in [7, 11) is -1.78. The summed E-state index contributed by atoms with van der Waals surface area (Å²) in [6.07, 6.45) is 9.47. The first-order valence-corrected chi connectivity index (χ1v) is 16.8. The van der Waals surface area contributed by atoms with Crippen molar-refractivity contribution in [1.82, 2.24) is 0 Å². The minimum absolute atomic E-state index is 0.0574. The summed E-state index contributed by atoms with van der Waals surface area (Å²) < 4.78 is 6.86. The molecule has 3 fully saturated rings. The Morgan fingerprint density at radius 2 is 1.82 bits per heavy atom. The van der Waals surface area contributed by atoms with E-state index in [-0.39, 0.29) is 34.3 Å². The first-order valence-electron chi connectivity index (χ1n) is 13.8. The molecule has 1 unspecified atom stereocenters. The molecule has 0 spiro atoms. The normalized spacial score (nSPS) is 42.4. The van der Waals surface area contributed by atoms with E-state index in [1.165, 1.54) is 12.8 Å². The Labute approximate surface area is 209 Å². The van der Waals surface area contributed by atoms with Crippen LogP contribution in [0.3, 0.4) is 0 Å². The van der Waals surface area contributed by atoms with Gasteiger partial charge in [-0.1, -0.05) is 53.2 Å². The molecule has 4 rings (SSSR count). The van der Waals surface area contributed by atoms with Crippen molar-refractivity contribution in [2.75, 3.05) is 6.61 Å². The van der Waals surface area contributed by atoms with Crippen molar-refractivity contribution in [3.63, 3.8) is 0 Å². The highest BCUT2D eigenvalue weighted by Crippen LogP contribution is 2.66. The number of hydrogen-bond acceptors (Lipinski definition) is 4. The van der Waals surface area contributed by atoms with Gasteiger partial charge in [0.25, 0.3) is 0 Å². The molecular formula is C29H50O4Si. The van der Waals surface area contributed by atoms with E-state index in [0.717, 1.165) is 25.7 Å². The Morgan fingerprint density at radius 1 is 1.15 bits per heavy atom. The van der Waals surface area contributed by atoms with Crippen molar-refractivity contribution in [3.8, 4) is 0 Å². The van der Waals surface area contributed by atoms with Gasteiger partial charge in [0.15, 0.2) is 8.32 Å². The molecular weight excluding hydrogens is 440 g/mol. The molecule has 0 amide bonds. The maximum Gasteiger partial charge on any atom is 0.192 e. The lowest BCUT2D eigenvalue weighted by atomic mass is 9.47. The SMILES string of the molecule is C[C@H](C(O)CO)[C@H]1C(=O)C[C@H]2[C@@H]3CC=C4C[C@@H](O[Si](C)(C)C(C)(C)C)CC[C@]4(C)[C@H]3CC[C@]12C. The quantitative estimate of drug-likeness (QED) is 0.360. The molecule has 34 heavy (non-hydrogen) atoms. The molecule has 0 aliphatic heterocycles. The molecule has 0 aromatic carbocycles. The molecule has 5 heteroatoms. The first-order chi connectivity index (χ1) is 15.7. The zero-order chi connectivity index (χ0) is 25.3. The number of aliphatic hydroxyl groups is 2. The van der Waals surface area contributed by atoms with Crippen LogP contribution in [-0.2, 0) is 9.22 Å². The van der Waals surface area contributed by atoms with Gasteiger partial charge >= 0.3 is 0 Å². The highest BCUT2D eigenvalue weighted by Gasteiger charge is 2.62. The molecule has 0 radical (unpaired) electrons. The van der Waals surface area contributed by atoms with Crippen LogP contribution in [0.25, 0.3) is 0 Å². The molecule has 3 saturated carbocycles. The minimum Gasteiger partial charge on any atom is -0.414 e. The zero-order valence-corrected chi connectivity index (χ0v) is 24.0. The van der Waals surface area contributed by atoms with Crippen LogP contribution in [0, 0.1) is 40.4 Å². The molecule has 2 N–H and O–H groups in total. The lowest BCUT2D eigenvalue weighted by Crippen LogP contribution is -2.52. The van der Waals surface area contributed by atoms with Crippen LogP contribution in [0.15, 0.2) is 11.6 Å². The average molecular weight is 491 g/mol. The highest BCUT2D eigenvalue weighted by atomic mass is 28.4. The van der Waals surface area contributed by atoms with Crippen molar-refractivity contribution in [1.29, 1.82) is 0 Å². The summed E-state index contributed by atoms with van der Waals surface area (Å²) in [5.41, 5.74) is 1.80. The van der Waals surface area contributed by atoms with Crippen LogP contribution in [0.4, 0.5) is 0 Å². The standard InChI is InChI=1S/C29H50O4Si/c1-18(25(32)17-30)26-24(31)16-23-21-10-9-19-15-20(33-34(7,8)27(2,3)4)11-13-28(19,5)22(21)12-14-29(23,26)6/h9,18,20-23,25-26,30,32H,10-17H2,1-8H3/t18-,20+,21-,22+,23+,25?,26+,28+,29+/m1/s1. The van der Waals surface area contributed by atoms with Crippen LogP contribution in [0.2, 0.25) is 18.1 Å². The van der Waals surface area contributed by atoms with E-state index in [1.807, 2.05) is 6.92 Å². The number of Topliss-reactive ketones (excluding diaryl/α,β-unsaturated/α-hetero) is 1. The van der Waals surface area contributed by atoms with Crippen molar-refractivity contribution in [3.05, 3.63) is 11.6 Å². The lowest BCUT2D eigenvalue weighted by Gasteiger charge is -2.58. The van der Waals surface area contributed by atoms with Gasteiger partial charge < -0.3 is 14.6 Å².